The van der Waals surface area contributed by atoms with Gasteiger partial charge in [0.25, 0.3) is 0 Å². The number of hydrogen-bond donors (Lipinski definition) is 1. The van der Waals surface area contributed by atoms with Crippen molar-refractivity contribution in [2.75, 3.05) is 0 Å². The minimum absolute atomic E-state index is 0.0609. The highest BCUT2D eigenvalue weighted by atomic mass is 35.5. The summed E-state index contributed by atoms with van der Waals surface area (Å²) in [5.41, 5.74) is 0.537. The number of phenols is 1. The maximum Gasteiger partial charge on any atom is 0.169 e. The molecule has 5 heteroatoms. The highest BCUT2D eigenvalue weighted by Crippen LogP contribution is 2.37. The van der Waals surface area contributed by atoms with Gasteiger partial charge in [0.15, 0.2) is 11.5 Å². The molecule has 0 saturated heterocycles. The second kappa shape index (κ2) is 5.76. The summed E-state index contributed by atoms with van der Waals surface area (Å²) in [6, 6.07) is 15.3. The van der Waals surface area contributed by atoms with E-state index < -0.39 is 0 Å². The van der Waals surface area contributed by atoms with Crippen molar-refractivity contribution >= 4 is 34.0 Å². The average molecular weight is 330 g/mol. The third-order valence-electron chi connectivity index (χ3n) is 3.15. The van der Waals surface area contributed by atoms with Crippen LogP contribution in [0.5, 0.6) is 17.2 Å². The molecule has 108 valence electrons. The Hall–Kier alpha value is -2.41. The van der Waals surface area contributed by atoms with Crippen LogP contribution in [0.3, 0.4) is 0 Å². The molecule has 0 unspecified atom stereocenters. The number of aromatic hydroxyl groups is 1. The molecule has 0 amide bonds. The van der Waals surface area contributed by atoms with Crippen molar-refractivity contribution in [1.29, 1.82) is 5.26 Å². The number of benzene rings is 3. The fourth-order valence-electron chi connectivity index (χ4n) is 2.15. The van der Waals surface area contributed by atoms with Gasteiger partial charge in [0.05, 0.1) is 11.6 Å². The number of phenolic OH excluding ortho intramolecular Hbond substituents is 1. The number of fused-ring (bicyclic) bond motifs is 1. The number of halogens is 2. The molecule has 3 aromatic carbocycles. The molecule has 0 bridgehead atoms. The van der Waals surface area contributed by atoms with Crippen molar-refractivity contribution in [3.05, 3.63) is 64.1 Å². The summed E-state index contributed by atoms with van der Waals surface area (Å²) in [5.74, 6) is 0.705. The second-order valence-corrected chi connectivity index (χ2v) is 5.54. The first-order chi connectivity index (χ1) is 10.6. The summed E-state index contributed by atoms with van der Waals surface area (Å²) in [5, 5.41) is 21.3. The van der Waals surface area contributed by atoms with Crippen molar-refractivity contribution in [3.63, 3.8) is 0 Å². The largest absolute Gasteiger partial charge is 0.504 e. The molecule has 3 aromatic rings. The molecular weight excluding hydrogens is 321 g/mol. The third-order valence-corrected chi connectivity index (χ3v) is 3.60. The Labute approximate surface area is 136 Å². The minimum Gasteiger partial charge on any atom is -0.504 e. The van der Waals surface area contributed by atoms with E-state index in [1.165, 1.54) is 6.07 Å². The smallest absolute Gasteiger partial charge is 0.169 e. The van der Waals surface area contributed by atoms with Crippen molar-refractivity contribution < 1.29 is 9.84 Å². The zero-order valence-corrected chi connectivity index (χ0v) is 12.7. The lowest BCUT2D eigenvalue weighted by Crippen LogP contribution is -1.88. The standard InChI is InChI=1S/C17H9Cl2NO2/c18-12-2-4-16(15(21)7-12)22-17-8-13(19)6-11-5-10(9-20)1-3-14(11)17/h1-8,21H. The number of nitriles is 1. The molecule has 1 N–H and O–H groups in total. The topological polar surface area (TPSA) is 53.2 Å². The first-order valence-electron chi connectivity index (χ1n) is 6.36. The van der Waals surface area contributed by atoms with Crippen molar-refractivity contribution in [2.24, 2.45) is 0 Å². The van der Waals surface area contributed by atoms with Gasteiger partial charge in [-0.3, -0.25) is 0 Å². The first kappa shape index (κ1) is 14.5. The highest BCUT2D eigenvalue weighted by molar-refractivity contribution is 6.31. The van der Waals surface area contributed by atoms with Crippen molar-refractivity contribution in [2.45, 2.75) is 0 Å². The second-order valence-electron chi connectivity index (χ2n) is 4.67. The molecule has 0 aliphatic carbocycles. The minimum atomic E-state index is -0.0609. The lowest BCUT2D eigenvalue weighted by Gasteiger charge is -2.11. The maximum absolute atomic E-state index is 9.89. The Balaban J connectivity index is 2.12. The van der Waals surface area contributed by atoms with Crippen LogP contribution < -0.4 is 4.74 Å². The molecule has 3 nitrogen and oxygen atoms in total. The van der Waals surface area contributed by atoms with Gasteiger partial charge in [-0.2, -0.15) is 5.26 Å². The van der Waals surface area contributed by atoms with Gasteiger partial charge in [0.2, 0.25) is 0 Å². The zero-order chi connectivity index (χ0) is 15.7. The normalized spacial score (nSPS) is 10.4. The summed E-state index contributed by atoms with van der Waals surface area (Å²) < 4.78 is 5.76. The predicted octanol–water partition coefficient (Wildman–Crippen LogP) is 5.52. The number of nitrogens with zero attached hydrogens (tertiary/aromatic N) is 1. The predicted molar refractivity (Wildman–Crippen MR) is 86.9 cm³/mol. The average Bonchev–Trinajstić information content (AvgIpc) is 2.49. The van der Waals surface area contributed by atoms with Crippen LogP contribution in [0.2, 0.25) is 10.0 Å². The molecule has 0 heterocycles. The summed E-state index contributed by atoms with van der Waals surface area (Å²) >= 11 is 11.9. The monoisotopic (exact) mass is 329 g/mol. The van der Waals surface area contributed by atoms with Crippen LogP contribution >= 0.6 is 23.2 Å². The highest BCUT2D eigenvalue weighted by Gasteiger charge is 2.10. The third kappa shape index (κ3) is 2.80. The van der Waals surface area contributed by atoms with Gasteiger partial charge in [-0.1, -0.05) is 23.2 Å². The zero-order valence-electron chi connectivity index (χ0n) is 11.2. The van der Waals surface area contributed by atoms with Gasteiger partial charge in [-0.15, -0.1) is 0 Å². The molecule has 0 saturated carbocycles. The molecule has 0 fully saturated rings. The Morgan fingerprint density at radius 3 is 2.45 bits per heavy atom. The van der Waals surface area contributed by atoms with Crippen LogP contribution in [0.25, 0.3) is 10.8 Å². The molecule has 0 radical (unpaired) electrons. The van der Waals surface area contributed by atoms with Gasteiger partial charge in [0, 0.05) is 27.6 Å². The van der Waals surface area contributed by atoms with E-state index in [-0.39, 0.29) is 11.5 Å². The number of ether oxygens (including phenoxy) is 1. The van der Waals surface area contributed by atoms with E-state index in [2.05, 4.69) is 6.07 Å². The van der Waals surface area contributed by atoms with Crippen LogP contribution in [-0.2, 0) is 0 Å². The van der Waals surface area contributed by atoms with Crippen molar-refractivity contribution in [1.82, 2.24) is 0 Å². The van der Waals surface area contributed by atoms with E-state index in [4.69, 9.17) is 33.2 Å². The number of rotatable bonds is 2. The molecule has 22 heavy (non-hydrogen) atoms. The maximum atomic E-state index is 9.89. The fourth-order valence-corrected chi connectivity index (χ4v) is 2.53. The van der Waals surface area contributed by atoms with E-state index in [9.17, 15) is 5.11 Å². The van der Waals surface area contributed by atoms with Crippen LogP contribution in [0.1, 0.15) is 5.56 Å². The quantitative estimate of drug-likeness (QED) is 0.673. The number of hydrogen-bond acceptors (Lipinski definition) is 3. The van der Waals surface area contributed by atoms with E-state index in [1.807, 2.05) is 0 Å². The summed E-state index contributed by atoms with van der Waals surface area (Å²) in [4.78, 5) is 0. The fraction of sp³-hybridized carbons (Fsp3) is 0. The van der Waals surface area contributed by atoms with Crippen LogP contribution in [0.15, 0.2) is 48.5 Å². The molecular formula is C17H9Cl2NO2. The summed E-state index contributed by atoms with van der Waals surface area (Å²) in [6.45, 7) is 0. The van der Waals surface area contributed by atoms with Crippen LogP contribution in [0.4, 0.5) is 0 Å². The summed E-state index contributed by atoms with van der Waals surface area (Å²) in [6.07, 6.45) is 0. The molecule has 0 aliphatic heterocycles. The van der Waals surface area contributed by atoms with Gasteiger partial charge >= 0.3 is 0 Å². The van der Waals surface area contributed by atoms with E-state index in [0.29, 0.717) is 21.4 Å². The Morgan fingerprint density at radius 1 is 0.909 bits per heavy atom. The molecule has 0 spiro atoms. The summed E-state index contributed by atoms with van der Waals surface area (Å²) in [7, 11) is 0. The first-order valence-corrected chi connectivity index (χ1v) is 7.12. The molecule has 0 aromatic heterocycles. The SMILES string of the molecule is N#Cc1ccc2c(Oc3ccc(Cl)cc3O)cc(Cl)cc2c1. The molecule has 0 aliphatic rings. The van der Waals surface area contributed by atoms with Crippen LogP contribution in [-0.4, -0.2) is 5.11 Å². The van der Waals surface area contributed by atoms with Gasteiger partial charge < -0.3 is 9.84 Å². The van der Waals surface area contributed by atoms with Crippen molar-refractivity contribution in [3.8, 4) is 23.3 Å². The van der Waals surface area contributed by atoms with Gasteiger partial charge in [0.1, 0.15) is 5.75 Å². The van der Waals surface area contributed by atoms with Crippen LogP contribution in [0, 0.1) is 11.3 Å². The van der Waals surface area contributed by atoms with Gasteiger partial charge in [-0.25, -0.2) is 0 Å². The lowest BCUT2D eigenvalue weighted by atomic mass is 10.1. The Kier molecular flexibility index (Phi) is 3.81. The Bertz CT molecular complexity index is 916. The van der Waals surface area contributed by atoms with E-state index in [0.717, 1.165) is 10.8 Å². The Morgan fingerprint density at radius 2 is 1.73 bits per heavy atom. The molecule has 3 rings (SSSR count). The van der Waals surface area contributed by atoms with E-state index >= 15 is 0 Å². The molecule has 0 atom stereocenters. The van der Waals surface area contributed by atoms with E-state index in [1.54, 1.807) is 42.5 Å². The van der Waals surface area contributed by atoms with Gasteiger partial charge in [-0.05, 0) is 41.8 Å². The lowest BCUT2D eigenvalue weighted by molar-refractivity contribution is 0.413.